The second kappa shape index (κ2) is 3.87. The summed E-state index contributed by atoms with van der Waals surface area (Å²) in [6.45, 7) is 0.259. The molecule has 1 unspecified atom stereocenters. The van der Waals surface area contributed by atoms with E-state index in [2.05, 4.69) is 10.2 Å². The monoisotopic (exact) mass is 245 g/mol. The molecule has 0 amide bonds. The third kappa shape index (κ3) is 1.81. The van der Waals surface area contributed by atoms with E-state index in [1.807, 2.05) is 0 Å². The lowest BCUT2D eigenvalue weighted by atomic mass is 10.1. The van der Waals surface area contributed by atoms with Gasteiger partial charge in [-0.3, -0.25) is 9.89 Å². The van der Waals surface area contributed by atoms with Crippen molar-refractivity contribution in [2.24, 2.45) is 5.92 Å². The van der Waals surface area contributed by atoms with Crippen molar-refractivity contribution < 1.29 is 18.3 Å². The topological polar surface area (TPSA) is 103 Å². The minimum Gasteiger partial charge on any atom is -0.481 e. The molecule has 0 aromatic carbocycles. The molecule has 1 fully saturated rings. The Morgan fingerprint density at radius 1 is 1.62 bits per heavy atom. The zero-order valence-corrected chi connectivity index (χ0v) is 9.14. The number of aliphatic carboxylic acids is 1. The van der Waals surface area contributed by atoms with E-state index in [1.54, 1.807) is 0 Å². The number of carboxylic acid groups (broad SMARTS) is 1. The predicted molar refractivity (Wildman–Crippen MR) is 53.1 cm³/mol. The third-order valence-corrected chi connectivity index (χ3v) is 4.39. The number of carboxylic acids is 1. The highest BCUT2D eigenvalue weighted by Gasteiger charge is 2.36. The van der Waals surface area contributed by atoms with Gasteiger partial charge in [0.05, 0.1) is 12.1 Å². The van der Waals surface area contributed by atoms with Crippen molar-refractivity contribution in [2.45, 2.75) is 11.4 Å². The van der Waals surface area contributed by atoms with Crippen molar-refractivity contribution in [1.82, 2.24) is 14.5 Å². The molecular formula is C8H11N3O4S. The molecule has 2 heterocycles. The van der Waals surface area contributed by atoms with Gasteiger partial charge in [-0.15, -0.1) is 0 Å². The Kier molecular flexibility index (Phi) is 2.68. The van der Waals surface area contributed by atoms with Crippen LogP contribution in [0.25, 0.3) is 0 Å². The molecule has 1 aliphatic heterocycles. The summed E-state index contributed by atoms with van der Waals surface area (Å²) in [4.78, 5) is 10.7. The number of aromatic amines is 1. The first kappa shape index (κ1) is 11.1. The minimum absolute atomic E-state index is 0.00135. The van der Waals surface area contributed by atoms with Gasteiger partial charge in [0, 0.05) is 13.1 Å². The first-order valence-electron chi connectivity index (χ1n) is 4.74. The van der Waals surface area contributed by atoms with Crippen molar-refractivity contribution in [3.05, 3.63) is 12.3 Å². The van der Waals surface area contributed by atoms with Crippen LogP contribution < -0.4 is 0 Å². The number of nitrogens with zero attached hydrogens (tertiary/aromatic N) is 2. The van der Waals surface area contributed by atoms with Gasteiger partial charge in [0.1, 0.15) is 0 Å². The number of carbonyl (C=O) groups is 1. The van der Waals surface area contributed by atoms with E-state index in [0.717, 1.165) is 0 Å². The van der Waals surface area contributed by atoms with Gasteiger partial charge in [-0.1, -0.05) is 0 Å². The van der Waals surface area contributed by atoms with E-state index < -0.39 is 21.9 Å². The van der Waals surface area contributed by atoms with Gasteiger partial charge >= 0.3 is 5.97 Å². The standard InChI is InChI=1S/C8H11N3O4S/c12-8(13)6-2-4-11(5-6)16(14,15)7-1-3-9-10-7/h1,3,6H,2,4-5H2,(H,9,10)(H,12,13). The molecule has 0 saturated carbocycles. The predicted octanol–water partition coefficient (Wildman–Crippen LogP) is -0.495. The summed E-state index contributed by atoms with van der Waals surface area (Å²) in [7, 11) is -3.61. The van der Waals surface area contributed by atoms with Gasteiger partial charge in [-0.2, -0.15) is 9.40 Å². The molecule has 0 radical (unpaired) electrons. The van der Waals surface area contributed by atoms with Crippen molar-refractivity contribution >= 4 is 16.0 Å². The molecule has 2 N–H and O–H groups in total. The summed E-state index contributed by atoms with van der Waals surface area (Å²) in [6.07, 6.45) is 1.69. The fraction of sp³-hybridized carbons (Fsp3) is 0.500. The van der Waals surface area contributed by atoms with E-state index in [9.17, 15) is 13.2 Å². The third-order valence-electron chi connectivity index (χ3n) is 2.59. The normalized spacial score (nSPS) is 22.4. The fourth-order valence-electron chi connectivity index (χ4n) is 1.67. The molecule has 1 saturated heterocycles. The summed E-state index contributed by atoms with van der Waals surface area (Å²) >= 11 is 0. The summed E-state index contributed by atoms with van der Waals surface area (Å²) in [5.41, 5.74) is 0. The molecule has 0 aliphatic carbocycles. The van der Waals surface area contributed by atoms with Crippen LogP contribution in [0.3, 0.4) is 0 Å². The number of nitrogens with one attached hydrogen (secondary N) is 1. The van der Waals surface area contributed by atoms with Crippen molar-refractivity contribution in [1.29, 1.82) is 0 Å². The van der Waals surface area contributed by atoms with Crippen LogP contribution in [0.1, 0.15) is 6.42 Å². The molecule has 0 bridgehead atoms. The zero-order chi connectivity index (χ0) is 11.8. The molecule has 1 aromatic rings. The lowest BCUT2D eigenvalue weighted by Crippen LogP contribution is -2.30. The highest BCUT2D eigenvalue weighted by atomic mass is 32.2. The first-order chi connectivity index (χ1) is 7.51. The number of hydrogen-bond donors (Lipinski definition) is 2. The number of aromatic nitrogens is 2. The lowest BCUT2D eigenvalue weighted by Gasteiger charge is -2.13. The average molecular weight is 245 g/mol. The van der Waals surface area contributed by atoms with Crippen LogP contribution in [0.4, 0.5) is 0 Å². The number of hydrogen-bond acceptors (Lipinski definition) is 4. The Morgan fingerprint density at radius 3 is 2.88 bits per heavy atom. The molecular weight excluding hydrogens is 234 g/mol. The molecule has 1 atom stereocenters. The van der Waals surface area contributed by atoms with Crippen LogP contribution >= 0.6 is 0 Å². The number of rotatable bonds is 3. The molecule has 88 valence electrons. The Bertz CT molecular complexity index is 481. The molecule has 7 nitrogen and oxygen atoms in total. The van der Waals surface area contributed by atoms with Gasteiger partial charge in [-0.25, -0.2) is 8.42 Å². The van der Waals surface area contributed by atoms with Gasteiger partial charge in [0.15, 0.2) is 5.03 Å². The average Bonchev–Trinajstić information content (AvgIpc) is 2.90. The van der Waals surface area contributed by atoms with Crippen LogP contribution in [-0.4, -0.2) is 47.1 Å². The van der Waals surface area contributed by atoms with Gasteiger partial charge < -0.3 is 5.11 Å². The maximum absolute atomic E-state index is 11.9. The highest BCUT2D eigenvalue weighted by molar-refractivity contribution is 7.89. The molecule has 1 aromatic heterocycles. The Balaban J connectivity index is 2.19. The first-order valence-corrected chi connectivity index (χ1v) is 6.18. The van der Waals surface area contributed by atoms with Crippen LogP contribution in [0, 0.1) is 5.92 Å². The van der Waals surface area contributed by atoms with Crippen LogP contribution in [0.15, 0.2) is 17.3 Å². The zero-order valence-electron chi connectivity index (χ0n) is 8.33. The van der Waals surface area contributed by atoms with Crippen LogP contribution in [0.2, 0.25) is 0 Å². The summed E-state index contributed by atoms with van der Waals surface area (Å²) in [6, 6.07) is 1.35. The summed E-state index contributed by atoms with van der Waals surface area (Å²) in [5, 5.41) is 14.7. The van der Waals surface area contributed by atoms with Gasteiger partial charge in [0.25, 0.3) is 10.0 Å². The largest absolute Gasteiger partial charge is 0.481 e. The number of sulfonamides is 1. The Labute approximate surface area is 92.1 Å². The highest BCUT2D eigenvalue weighted by Crippen LogP contribution is 2.23. The fourth-order valence-corrected chi connectivity index (χ4v) is 3.07. The molecule has 8 heteroatoms. The Hall–Kier alpha value is -1.41. The lowest BCUT2D eigenvalue weighted by molar-refractivity contribution is -0.141. The van der Waals surface area contributed by atoms with E-state index in [-0.39, 0.29) is 18.1 Å². The maximum atomic E-state index is 11.9. The molecule has 1 aliphatic rings. The second-order valence-electron chi connectivity index (χ2n) is 3.61. The quantitative estimate of drug-likeness (QED) is 0.747. The minimum atomic E-state index is -3.61. The molecule has 0 spiro atoms. The second-order valence-corrected chi connectivity index (χ2v) is 5.51. The van der Waals surface area contributed by atoms with Crippen molar-refractivity contribution in [2.75, 3.05) is 13.1 Å². The van der Waals surface area contributed by atoms with E-state index in [0.29, 0.717) is 6.42 Å². The van der Waals surface area contributed by atoms with Gasteiger partial charge in [-0.05, 0) is 12.5 Å². The maximum Gasteiger partial charge on any atom is 0.307 e. The van der Waals surface area contributed by atoms with Gasteiger partial charge in [0.2, 0.25) is 0 Å². The number of H-pyrrole nitrogens is 1. The van der Waals surface area contributed by atoms with Crippen LogP contribution in [0.5, 0.6) is 0 Å². The van der Waals surface area contributed by atoms with E-state index >= 15 is 0 Å². The van der Waals surface area contributed by atoms with Crippen molar-refractivity contribution in [3.63, 3.8) is 0 Å². The van der Waals surface area contributed by atoms with Crippen molar-refractivity contribution in [3.8, 4) is 0 Å². The summed E-state index contributed by atoms with van der Waals surface area (Å²) < 4.78 is 25.0. The SMILES string of the molecule is O=C(O)C1CCN(S(=O)(=O)c2ccn[nH]2)C1. The smallest absolute Gasteiger partial charge is 0.307 e. The molecule has 2 rings (SSSR count). The molecule has 16 heavy (non-hydrogen) atoms. The van der Waals surface area contributed by atoms with E-state index in [1.165, 1.54) is 16.6 Å². The van der Waals surface area contributed by atoms with E-state index in [4.69, 9.17) is 5.11 Å². The van der Waals surface area contributed by atoms with Crippen LogP contribution in [-0.2, 0) is 14.8 Å². The summed E-state index contributed by atoms with van der Waals surface area (Å²) in [5.74, 6) is -1.57. The Morgan fingerprint density at radius 2 is 2.38 bits per heavy atom.